The van der Waals surface area contributed by atoms with E-state index in [4.69, 9.17) is 9.97 Å². The molecule has 0 spiro atoms. The molecule has 4 aromatic rings. The Hall–Kier alpha value is -3.03. The predicted molar refractivity (Wildman–Crippen MR) is 148 cm³/mol. The molecule has 36 heavy (non-hydrogen) atoms. The van der Waals surface area contributed by atoms with E-state index < -0.39 is 0 Å². The van der Waals surface area contributed by atoms with Crippen LogP contribution in [0, 0.1) is 11.8 Å². The third-order valence-corrected chi connectivity index (χ3v) is 8.85. The molecule has 6 nitrogen and oxygen atoms in total. The fraction of sp³-hybridized carbons (Fsp3) is 0.414. The fourth-order valence-corrected chi connectivity index (χ4v) is 6.73. The summed E-state index contributed by atoms with van der Waals surface area (Å²) in [4.78, 5) is 17.7. The van der Waals surface area contributed by atoms with Gasteiger partial charge in [-0.25, -0.2) is 9.97 Å². The highest BCUT2D eigenvalue weighted by atomic mass is 32.1. The molecule has 2 unspecified atom stereocenters. The summed E-state index contributed by atoms with van der Waals surface area (Å²) in [5.74, 6) is 2.43. The topological polar surface area (TPSA) is 86.2 Å². The summed E-state index contributed by atoms with van der Waals surface area (Å²) in [5.41, 5.74) is 5.64. The SMILES string of the molecule is CCC(Cc1cccc(Nc2nc3ccc(C4C=Nc5cc[nH]c5C4)cc3s2)n1)C1CCC(O)CC1. The van der Waals surface area contributed by atoms with Gasteiger partial charge in [0.2, 0.25) is 0 Å². The van der Waals surface area contributed by atoms with Crippen molar-refractivity contribution in [3.05, 3.63) is 65.6 Å². The van der Waals surface area contributed by atoms with Crippen LogP contribution in [0.4, 0.5) is 16.6 Å². The van der Waals surface area contributed by atoms with Gasteiger partial charge in [-0.3, -0.25) is 4.99 Å². The molecule has 0 saturated heterocycles. The van der Waals surface area contributed by atoms with Crippen LogP contribution in [-0.2, 0) is 12.8 Å². The quantitative estimate of drug-likeness (QED) is 0.257. The summed E-state index contributed by atoms with van der Waals surface area (Å²) in [5, 5.41) is 14.2. The summed E-state index contributed by atoms with van der Waals surface area (Å²) in [6, 6.07) is 14.8. The predicted octanol–water partition coefficient (Wildman–Crippen LogP) is 6.93. The zero-order valence-corrected chi connectivity index (χ0v) is 21.5. The van der Waals surface area contributed by atoms with E-state index in [-0.39, 0.29) is 12.0 Å². The first-order valence-corrected chi connectivity index (χ1v) is 14.0. The van der Waals surface area contributed by atoms with Crippen LogP contribution in [0.3, 0.4) is 0 Å². The van der Waals surface area contributed by atoms with Crippen molar-refractivity contribution >= 4 is 44.4 Å². The number of aromatic amines is 1. The second-order valence-corrected chi connectivity index (χ2v) is 11.3. The number of pyridine rings is 1. The summed E-state index contributed by atoms with van der Waals surface area (Å²) in [6.07, 6.45) is 11.1. The first-order valence-electron chi connectivity index (χ1n) is 13.2. The van der Waals surface area contributed by atoms with E-state index in [0.29, 0.717) is 11.8 Å². The third kappa shape index (κ3) is 4.95. The Kier molecular flexibility index (Phi) is 6.59. The van der Waals surface area contributed by atoms with Gasteiger partial charge in [0.25, 0.3) is 0 Å². The van der Waals surface area contributed by atoms with E-state index in [1.165, 1.54) is 16.0 Å². The van der Waals surface area contributed by atoms with E-state index in [2.05, 4.69) is 58.8 Å². The number of anilines is 2. The van der Waals surface area contributed by atoms with Crippen LogP contribution >= 0.6 is 11.3 Å². The van der Waals surface area contributed by atoms with Crippen LogP contribution in [0.25, 0.3) is 10.2 Å². The zero-order valence-electron chi connectivity index (χ0n) is 20.7. The molecule has 1 aliphatic carbocycles. The second-order valence-electron chi connectivity index (χ2n) is 10.3. The molecule has 3 N–H and O–H groups in total. The summed E-state index contributed by atoms with van der Waals surface area (Å²) in [6.45, 7) is 2.28. The molecular formula is C29H33N5OS. The first kappa shape index (κ1) is 23.4. The molecule has 186 valence electrons. The number of aromatic nitrogens is 3. The molecule has 7 heteroatoms. The van der Waals surface area contributed by atoms with Crippen molar-refractivity contribution in [1.82, 2.24) is 15.0 Å². The van der Waals surface area contributed by atoms with Gasteiger partial charge in [0, 0.05) is 36.1 Å². The molecule has 2 aliphatic rings. The van der Waals surface area contributed by atoms with Crippen molar-refractivity contribution in [3.63, 3.8) is 0 Å². The highest BCUT2D eigenvalue weighted by Crippen LogP contribution is 2.35. The molecule has 3 aromatic heterocycles. The summed E-state index contributed by atoms with van der Waals surface area (Å²) in [7, 11) is 0. The van der Waals surface area contributed by atoms with Gasteiger partial charge in [0.05, 0.1) is 22.0 Å². The van der Waals surface area contributed by atoms with E-state index in [1.807, 2.05) is 18.3 Å². The van der Waals surface area contributed by atoms with Crippen molar-refractivity contribution in [2.75, 3.05) is 5.32 Å². The fourth-order valence-electron chi connectivity index (χ4n) is 5.81. The van der Waals surface area contributed by atoms with Crippen LogP contribution < -0.4 is 5.32 Å². The smallest absolute Gasteiger partial charge is 0.189 e. The zero-order chi connectivity index (χ0) is 24.5. The Balaban J connectivity index is 1.15. The Morgan fingerprint density at radius 3 is 2.86 bits per heavy atom. The molecule has 1 fully saturated rings. The van der Waals surface area contributed by atoms with E-state index in [0.717, 1.165) is 72.8 Å². The van der Waals surface area contributed by atoms with Gasteiger partial charge in [-0.05, 0) is 79.8 Å². The van der Waals surface area contributed by atoms with Crippen LogP contribution in [0.2, 0.25) is 0 Å². The minimum absolute atomic E-state index is 0.100. The monoisotopic (exact) mass is 499 g/mol. The number of aliphatic hydroxyl groups is 1. The molecule has 0 bridgehead atoms. The van der Waals surface area contributed by atoms with Gasteiger partial charge >= 0.3 is 0 Å². The lowest BCUT2D eigenvalue weighted by Crippen LogP contribution is -2.25. The van der Waals surface area contributed by atoms with E-state index in [1.54, 1.807) is 11.3 Å². The van der Waals surface area contributed by atoms with Crippen LogP contribution in [0.5, 0.6) is 0 Å². The average molecular weight is 500 g/mol. The summed E-state index contributed by atoms with van der Waals surface area (Å²) < 4.78 is 1.17. The number of benzene rings is 1. The number of nitrogens with one attached hydrogen (secondary N) is 2. The Morgan fingerprint density at radius 2 is 2.00 bits per heavy atom. The molecule has 2 atom stereocenters. The number of rotatable bonds is 7. The molecule has 0 radical (unpaired) electrons. The molecule has 0 amide bonds. The normalized spacial score (nSPS) is 22.4. The third-order valence-electron chi connectivity index (χ3n) is 7.91. The minimum atomic E-state index is -0.100. The molecule has 1 aromatic carbocycles. The van der Waals surface area contributed by atoms with Gasteiger partial charge in [0.1, 0.15) is 5.82 Å². The van der Waals surface area contributed by atoms with Crippen molar-refractivity contribution in [1.29, 1.82) is 0 Å². The number of hydrogen-bond donors (Lipinski definition) is 3. The maximum atomic E-state index is 9.88. The molecule has 4 heterocycles. The largest absolute Gasteiger partial charge is 0.393 e. The van der Waals surface area contributed by atoms with Gasteiger partial charge in [-0.15, -0.1) is 0 Å². The van der Waals surface area contributed by atoms with Gasteiger partial charge in [0.15, 0.2) is 5.13 Å². The maximum Gasteiger partial charge on any atom is 0.189 e. The second kappa shape index (κ2) is 10.1. The lowest BCUT2D eigenvalue weighted by Gasteiger charge is -2.31. The molecule has 6 rings (SSSR count). The van der Waals surface area contributed by atoms with Crippen LogP contribution in [-0.4, -0.2) is 32.4 Å². The Morgan fingerprint density at radius 1 is 1.11 bits per heavy atom. The minimum Gasteiger partial charge on any atom is -0.393 e. The van der Waals surface area contributed by atoms with E-state index in [9.17, 15) is 5.11 Å². The molecule has 1 aliphatic heterocycles. The average Bonchev–Trinajstić information content (AvgIpc) is 3.53. The number of thiazole rings is 1. The number of aliphatic imine (C=N–C) groups is 1. The molecular weight excluding hydrogens is 466 g/mol. The Bertz CT molecular complexity index is 1370. The highest BCUT2D eigenvalue weighted by molar-refractivity contribution is 7.22. The standard InChI is InChI=1S/C29H33N5OS/c1-2-18(19-6-9-23(35)10-7-19)14-22-4-3-5-28(32-22)34-29-33-25-11-8-20(16-27(25)36-29)21-15-26-24(31-17-21)12-13-30-26/h3-5,8,11-13,16-19,21,23,30,35H,2,6-7,9-10,14-15H2,1H3,(H,32,33,34). The number of nitrogens with zero attached hydrogens (tertiary/aromatic N) is 3. The number of fused-ring (bicyclic) bond motifs is 2. The number of H-pyrrole nitrogens is 1. The van der Waals surface area contributed by atoms with Crippen molar-refractivity contribution in [3.8, 4) is 0 Å². The van der Waals surface area contributed by atoms with Crippen LogP contribution in [0.1, 0.15) is 61.9 Å². The van der Waals surface area contributed by atoms with Gasteiger partial charge < -0.3 is 15.4 Å². The Labute approximate surface area is 215 Å². The van der Waals surface area contributed by atoms with Gasteiger partial charge in [-0.1, -0.05) is 36.8 Å². The van der Waals surface area contributed by atoms with Crippen molar-refractivity contribution in [2.24, 2.45) is 16.8 Å². The number of aliphatic hydroxyl groups excluding tert-OH is 1. The highest BCUT2D eigenvalue weighted by Gasteiger charge is 2.26. The lowest BCUT2D eigenvalue weighted by atomic mass is 9.76. The summed E-state index contributed by atoms with van der Waals surface area (Å²) >= 11 is 1.67. The van der Waals surface area contributed by atoms with Crippen molar-refractivity contribution in [2.45, 2.75) is 63.9 Å². The molecule has 1 saturated carbocycles. The van der Waals surface area contributed by atoms with Gasteiger partial charge in [-0.2, -0.15) is 0 Å². The first-order chi connectivity index (χ1) is 17.6. The van der Waals surface area contributed by atoms with Crippen LogP contribution in [0.15, 0.2) is 53.7 Å². The van der Waals surface area contributed by atoms with E-state index >= 15 is 0 Å². The number of hydrogen-bond acceptors (Lipinski definition) is 6. The lowest BCUT2D eigenvalue weighted by molar-refractivity contribution is 0.0896. The van der Waals surface area contributed by atoms with Crippen molar-refractivity contribution < 1.29 is 5.11 Å². The maximum absolute atomic E-state index is 9.88.